The predicted octanol–water partition coefficient (Wildman–Crippen LogP) is 4.45. The van der Waals surface area contributed by atoms with Gasteiger partial charge in [0.25, 0.3) is 0 Å². The summed E-state index contributed by atoms with van der Waals surface area (Å²) in [7, 11) is -3.29. The zero-order valence-electron chi connectivity index (χ0n) is 15.6. The topological polar surface area (TPSA) is 37.4 Å². The first-order chi connectivity index (χ1) is 13.7. The molecule has 0 aromatic heterocycles. The molecule has 3 aromatic carbocycles. The van der Waals surface area contributed by atoms with Gasteiger partial charge in [0.05, 0.1) is 6.04 Å². The minimum Gasteiger partial charge on any atom is -0.290 e. The molecule has 140 valence electrons. The van der Waals surface area contributed by atoms with Gasteiger partial charge in [0.2, 0.25) is 13.2 Å². The van der Waals surface area contributed by atoms with Crippen LogP contribution in [-0.2, 0) is 15.8 Å². The minimum absolute atomic E-state index is 0.00254. The smallest absolute Gasteiger partial charge is 0.232 e. The summed E-state index contributed by atoms with van der Waals surface area (Å²) in [6, 6.07) is 27.2. The fourth-order valence-corrected chi connectivity index (χ4v) is 7.82. The zero-order chi connectivity index (χ0) is 19.1. The fourth-order valence-electron chi connectivity index (χ4n) is 4.81. The van der Waals surface area contributed by atoms with Crippen LogP contribution in [0.5, 0.6) is 0 Å². The zero-order valence-corrected chi connectivity index (χ0v) is 16.5. The number of carbonyl (C=O) groups is 1. The van der Waals surface area contributed by atoms with Crippen molar-refractivity contribution in [3.8, 4) is 0 Å². The van der Waals surface area contributed by atoms with Crippen molar-refractivity contribution in [3.63, 3.8) is 0 Å². The van der Waals surface area contributed by atoms with Crippen LogP contribution in [0.15, 0.2) is 84.9 Å². The number of hydrogen-bond acceptors (Lipinski definition) is 2. The molecule has 1 saturated heterocycles. The monoisotopic (exact) mass is 387 g/mol. The third-order valence-electron chi connectivity index (χ3n) is 6.08. The Labute approximate surface area is 165 Å². The lowest BCUT2D eigenvalue weighted by Crippen LogP contribution is -2.36. The second-order valence-corrected chi connectivity index (χ2v) is 10.2. The molecule has 2 aliphatic rings. The van der Waals surface area contributed by atoms with E-state index >= 15 is 0 Å². The number of nitrogens with zero attached hydrogens (tertiary/aromatic N) is 1. The predicted molar refractivity (Wildman–Crippen MR) is 112 cm³/mol. The molecule has 1 heterocycles. The van der Waals surface area contributed by atoms with Gasteiger partial charge in [-0.3, -0.25) is 14.0 Å². The third-order valence-corrected chi connectivity index (χ3v) is 9.15. The Morgan fingerprint density at radius 2 is 1.36 bits per heavy atom. The maximum atomic E-state index is 14.8. The highest BCUT2D eigenvalue weighted by atomic mass is 31.2. The highest BCUT2D eigenvalue weighted by Crippen LogP contribution is 2.59. The number of aryl methyl sites for hydroxylation is 1. The van der Waals surface area contributed by atoms with E-state index in [1.807, 2.05) is 72.8 Å². The van der Waals surface area contributed by atoms with E-state index in [1.54, 1.807) is 4.67 Å². The summed E-state index contributed by atoms with van der Waals surface area (Å²) in [6.07, 6.45) is 2.43. The number of hydrogen-bond donors (Lipinski definition) is 0. The van der Waals surface area contributed by atoms with E-state index in [1.165, 1.54) is 5.56 Å². The van der Waals surface area contributed by atoms with Crippen LogP contribution in [0.3, 0.4) is 0 Å². The normalized spacial score (nSPS) is 21.3. The van der Waals surface area contributed by atoms with Crippen molar-refractivity contribution < 1.29 is 9.36 Å². The average molecular weight is 387 g/mol. The molecule has 0 unspecified atom stereocenters. The molecule has 1 aliphatic carbocycles. The van der Waals surface area contributed by atoms with Crippen LogP contribution in [0.1, 0.15) is 30.0 Å². The Balaban J connectivity index is 1.74. The Morgan fingerprint density at radius 3 is 2.00 bits per heavy atom. The summed E-state index contributed by atoms with van der Waals surface area (Å²) >= 11 is 0. The van der Waals surface area contributed by atoms with Crippen molar-refractivity contribution in [1.29, 1.82) is 0 Å². The molecule has 1 amide bonds. The molecule has 3 aromatic rings. The van der Waals surface area contributed by atoms with Gasteiger partial charge >= 0.3 is 0 Å². The van der Waals surface area contributed by atoms with Gasteiger partial charge in [-0.15, -0.1) is 0 Å². The van der Waals surface area contributed by atoms with Crippen LogP contribution < -0.4 is 10.6 Å². The SMILES string of the molecule is O=C1C[C@H]2CCc3ccccc3[C@H]2N1P(=O)(c1ccccc1)c1ccccc1. The van der Waals surface area contributed by atoms with E-state index in [9.17, 15) is 9.36 Å². The Hall–Kier alpha value is -2.64. The molecular weight excluding hydrogens is 365 g/mol. The molecule has 28 heavy (non-hydrogen) atoms. The fraction of sp³-hybridized carbons (Fsp3) is 0.208. The Bertz CT molecular complexity index is 1020. The second-order valence-electron chi connectivity index (χ2n) is 7.63. The number of fused-ring (bicyclic) bond motifs is 3. The Morgan fingerprint density at radius 1 is 0.786 bits per heavy atom. The molecule has 0 saturated carbocycles. The Kier molecular flexibility index (Phi) is 4.21. The van der Waals surface area contributed by atoms with Crippen LogP contribution in [0, 0.1) is 5.92 Å². The molecule has 0 N–H and O–H groups in total. The molecule has 3 nitrogen and oxygen atoms in total. The van der Waals surface area contributed by atoms with Gasteiger partial charge in [-0.2, -0.15) is 0 Å². The van der Waals surface area contributed by atoms with Gasteiger partial charge in [0.1, 0.15) is 0 Å². The second kappa shape index (κ2) is 6.76. The summed E-state index contributed by atoms with van der Waals surface area (Å²) in [5.74, 6) is 0.228. The van der Waals surface area contributed by atoms with E-state index in [4.69, 9.17) is 0 Å². The molecule has 1 aliphatic heterocycles. The first-order valence-electron chi connectivity index (χ1n) is 9.81. The average Bonchev–Trinajstić information content (AvgIpc) is 3.11. The summed E-state index contributed by atoms with van der Waals surface area (Å²) in [6.45, 7) is 0. The molecule has 5 rings (SSSR count). The number of benzene rings is 3. The summed E-state index contributed by atoms with van der Waals surface area (Å²) in [5, 5.41) is 1.44. The lowest BCUT2D eigenvalue weighted by Gasteiger charge is -2.38. The molecule has 1 fully saturated rings. The van der Waals surface area contributed by atoms with Crippen molar-refractivity contribution in [2.24, 2.45) is 5.92 Å². The van der Waals surface area contributed by atoms with E-state index < -0.39 is 7.29 Å². The van der Waals surface area contributed by atoms with Crippen LogP contribution in [-0.4, -0.2) is 10.6 Å². The van der Waals surface area contributed by atoms with Crippen molar-refractivity contribution in [2.45, 2.75) is 25.3 Å². The van der Waals surface area contributed by atoms with Gasteiger partial charge in [-0.05, 0) is 54.2 Å². The highest BCUT2D eigenvalue weighted by Gasteiger charge is 2.51. The summed E-state index contributed by atoms with van der Waals surface area (Å²) < 4.78 is 16.5. The van der Waals surface area contributed by atoms with Crippen molar-refractivity contribution >= 4 is 23.8 Å². The quantitative estimate of drug-likeness (QED) is 0.623. The third kappa shape index (κ3) is 2.57. The van der Waals surface area contributed by atoms with Gasteiger partial charge in [0, 0.05) is 17.0 Å². The maximum absolute atomic E-state index is 14.8. The molecule has 0 bridgehead atoms. The van der Waals surface area contributed by atoms with Crippen molar-refractivity contribution in [3.05, 3.63) is 96.1 Å². The number of carbonyl (C=O) groups excluding carboxylic acids is 1. The molecule has 4 heteroatoms. The highest BCUT2D eigenvalue weighted by molar-refractivity contribution is 7.77. The number of rotatable bonds is 3. The molecular formula is C24H22NO2P. The van der Waals surface area contributed by atoms with Crippen LogP contribution in [0.25, 0.3) is 0 Å². The van der Waals surface area contributed by atoms with E-state index in [-0.39, 0.29) is 17.9 Å². The molecule has 0 radical (unpaired) electrons. The van der Waals surface area contributed by atoms with E-state index in [0.29, 0.717) is 6.42 Å². The lowest BCUT2D eigenvalue weighted by molar-refractivity contribution is -0.124. The molecule has 0 spiro atoms. The number of amides is 1. The summed E-state index contributed by atoms with van der Waals surface area (Å²) in [4.78, 5) is 13.3. The minimum atomic E-state index is -3.29. The van der Waals surface area contributed by atoms with Crippen molar-refractivity contribution in [1.82, 2.24) is 4.67 Å². The summed E-state index contributed by atoms with van der Waals surface area (Å²) in [5.41, 5.74) is 2.44. The van der Waals surface area contributed by atoms with Crippen LogP contribution in [0.4, 0.5) is 0 Å². The van der Waals surface area contributed by atoms with Gasteiger partial charge in [-0.1, -0.05) is 60.7 Å². The van der Waals surface area contributed by atoms with Gasteiger partial charge < -0.3 is 0 Å². The van der Waals surface area contributed by atoms with Crippen LogP contribution in [0.2, 0.25) is 0 Å². The molecule has 2 atom stereocenters. The van der Waals surface area contributed by atoms with Gasteiger partial charge in [-0.25, -0.2) is 0 Å². The largest absolute Gasteiger partial charge is 0.290 e. The standard InChI is InChI=1S/C24H22NO2P/c26-23-17-19-16-15-18-9-7-8-14-22(18)24(19)25(23)28(27,20-10-3-1-4-11-20)21-12-5-2-6-13-21/h1-14,19,24H,15-17H2/t19-,24+/m1/s1. The first kappa shape index (κ1) is 17.5. The van der Waals surface area contributed by atoms with E-state index in [0.717, 1.165) is 29.0 Å². The van der Waals surface area contributed by atoms with Gasteiger partial charge in [0.15, 0.2) is 0 Å². The first-order valence-corrected chi connectivity index (χ1v) is 11.5. The van der Waals surface area contributed by atoms with E-state index in [2.05, 4.69) is 12.1 Å². The van der Waals surface area contributed by atoms with Crippen molar-refractivity contribution in [2.75, 3.05) is 0 Å². The maximum Gasteiger partial charge on any atom is 0.232 e. The van der Waals surface area contributed by atoms with Crippen LogP contribution >= 0.6 is 7.29 Å². The lowest BCUT2D eigenvalue weighted by atomic mass is 9.80.